The van der Waals surface area contributed by atoms with Crippen LogP contribution in [-0.4, -0.2) is 12.3 Å². The van der Waals surface area contributed by atoms with Crippen molar-refractivity contribution in [2.24, 2.45) is 5.73 Å². The molecule has 0 aliphatic carbocycles. The van der Waals surface area contributed by atoms with Gasteiger partial charge in [0, 0.05) is 10.9 Å². The average molecular weight is 228 g/mol. The van der Waals surface area contributed by atoms with E-state index in [2.05, 4.69) is 15.9 Å². The lowest BCUT2D eigenvalue weighted by molar-refractivity contribution is -0.117. The van der Waals surface area contributed by atoms with Crippen molar-refractivity contribution in [3.63, 3.8) is 0 Å². The van der Waals surface area contributed by atoms with Crippen LogP contribution in [0.1, 0.15) is 5.56 Å². The van der Waals surface area contributed by atoms with E-state index < -0.39 is 0 Å². The predicted molar refractivity (Wildman–Crippen MR) is 51.9 cm³/mol. The van der Waals surface area contributed by atoms with Gasteiger partial charge in [0.25, 0.3) is 0 Å². The van der Waals surface area contributed by atoms with Crippen LogP contribution in [0.25, 0.3) is 0 Å². The standard InChI is InChI=1S/C9H10BrNO/c10-9-4-2-1-3-7(9)5-8(12)6-11/h1-4H,5-6,11H2. The number of nitrogens with two attached hydrogens (primary N) is 1. The summed E-state index contributed by atoms with van der Waals surface area (Å²) >= 11 is 3.36. The first-order chi connectivity index (χ1) is 5.74. The molecule has 0 amide bonds. The van der Waals surface area contributed by atoms with Crippen LogP contribution < -0.4 is 5.73 Å². The second-order valence-electron chi connectivity index (χ2n) is 2.51. The molecule has 0 heterocycles. The molecule has 0 spiro atoms. The maximum absolute atomic E-state index is 11.0. The highest BCUT2D eigenvalue weighted by molar-refractivity contribution is 9.10. The van der Waals surface area contributed by atoms with Crippen LogP contribution in [0.4, 0.5) is 0 Å². The van der Waals surface area contributed by atoms with Gasteiger partial charge in [0.1, 0.15) is 0 Å². The number of ketones is 1. The van der Waals surface area contributed by atoms with Crippen LogP contribution >= 0.6 is 15.9 Å². The highest BCUT2D eigenvalue weighted by Crippen LogP contribution is 2.16. The zero-order chi connectivity index (χ0) is 8.97. The molecule has 0 fully saturated rings. The van der Waals surface area contributed by atoms with Crippen LogP contribution in [0, 0.1) is 0 Å². The number of carbonyl (C=O) groups is 1. The van der Waals surface area contributed by atoms with Crippen LogP contribution in [0.5, 0.6) is 0 Å². The maximum Gasteiger partial charge on any atom is 0.150 e. The molecule has 0 unspecified atom stereocenters. The summed E-state index contributed by atoms with van der Waals surface area (Å²) in [6.07, 6.45) is 0.415. The zero-order valence-corrected chi connectivity index (χ0v) is 8.17. The summed E-state index contributed by atoms with van der Waals surface area (Å²) in [6.45, 7) is 0.112. The van der Waals surface area contributed by atoms with E-state index in [1.54, 1.807) is 0 Å². The minimum Gasteiger partial charge on any atom is -0.324 e. The maximum atomic E-state index is 11.0. The van der Waals surface area contributed by atoms with Gasteiger partial charge < -0.3 is 5.73 Å². The molecule has 64 valence electrons. The van der Waals surface area contributed by atoms with E-state index in [9.17, 15) is 4.79 Å². The molecular weight excluding hydrogens is 218 g/mol. The number of benzene rings is 1. The van der Waals surface area contributed by atoms with Crippen molar-refractivity contribution in [1.82, 2.24) is 0 Å². The van der Waals surface area contributed by atoms with Gasteiger partial charge in [0.15, 0.2) is 5.78 Å². The van der Waals surface area contributed by atoms with Gasteiger partial charge in [-0.1, -0.05) is 34.1 Å². The second-order valence-corrected chi connectivity index (χ2v) is 3.37. The SMILES string of the molecule is NCC(=O)Cc1ccccc1Br. The third-order valence-electron chi connectivity index (χ3n) is 1.57. The first kappa shape index (κ1) is 9.42. The fourth-order valence-corrected chi connectivity index (χ4v) is 1.35. The molecular formula is C9H10BrNO. The van der Waals surface area contributed by atoms with Crippen molar-refractivity contribution >= 4 is 21.7 Å². The van der Waals surface area contributed by atoms with Crippen molar-refractivity contribution < 1.29 is 4.79 Å². The second kappa shape index (κ2) is 4.38. The number of Topliss-reactive ketones (excluding diaryl/α,β-unsaturated/α-hetero) is 1. The Hall–Kier alpha value is -0.670. The van der Waals surface area contributed by atoms with E-state index in [-0.39, 0.29) is 12.3 Å². The first-order valence-electron chi connectivity index (χ1n) is 3.69. The van der Waals surface area contributed by atoms with Crippen molar-refractivity contribution in [3.8, 4) is 0 Å². The van der Waals surface area contributed by atoms with E-state index in [1.165, 1.54) is 0 Å². The fraction of sp³-hybridized carbons (Fsp3) is 0.222. The van der Waals surface area contributed by atoms with Crippen molar-refractivity contribution in [2.45, 2.75) is 6.42 Å². The monoisotopic (exact) mass is 227 g/mol. The van der Waals surface area contributed by atoms with Gasteiger partial charge in [-0.05, 0) is 11.6 Å². The summed E-state index contributed by atoms with van der Waals surface area (Å²) in [5, 5.41) is 0. The normalized spacial score (nSPS) is 9.83. The topological polar surface area (TPSA) is 43.1 Å². The van der Waals surface area contributed by atoms with Gasteiger partial charge in [-0.15, -0.1) is 0 Å². The lowest BCUT2D eigenvalue weighted by atomic mass is 10.1. The van der Waals surface area contributed by atoms with Crippen LogP contribution in [0.15, 0.2) is 28.7 Å². The Balaban J connectivity index is 2.75. The molecule has 0 radical (unpaired) electrons. The van der Waals surface area contributed by atoms with Crippen LogP contribution in [-0.2, 0) is 11.2 Å². The zero-order valence-electron chi connectivity index (χ0n) is 6.59. The molecule has 12 heavy (non-hydrogen) atoms. The Morgan fingerprint density at radius 3 is 2.67 bits per heavy atom. The molecule has 3 heteroatoms. The number of rotatable bonds is 3. The third kappa shape index (κ3) is 2.43. The smallest absolute Gasteiger partial charge is 0.150 e. The first-order valence-corrected chi connectivity index (χ1v) is 4.48. The van der Waals surface area contributed by atoms with Gasteiger partial charge >= 0.3 is 0 Å². The summed E-state index contributed by atoms with van der Waals surface area (Å²) in [5.74, 6) is 0.0573. The lowest BCUT2D eigenvalue weighted by Crippen LogP contribution is -2.15. The molecule has 2 nitrogen and oxygen atoms in total. The summed E-state index contributed by atoms with van der Waals surface area (Å²) in [6, 6.07) is 7.65. The van der Waals surface area contributed by atoms with Gasteiger partial charge in [0.2, 0.25) is 0 Å². The molecule has 0 aromatic heterocycles. The van der Waals surface area contributed by atoms with Gasteiger partial charge in [0.05, 0.1) is 6.54 Å². The quantitative estimate of drug-likeness (QED) is 0.852. The van der Waals surface area contributed by atoms with E-state index in [4.69, 9.17) is 5.73 Å². The van der Waals surface area contributed by atoms with E-state index >= 15 is 0 Å². The molecule has 1 aromatic carbocycles. The largest absolute Gasteiger partial charge is 0.324 e. The molecule has 0 bridgehead atoms. The van der Waals surface area contributed by atoms with Crippen molar-refractivity contribution in [2.75, 3.05) is 6.54 Å². The van der Waals surface area contributed by atoms with Gasteiger partial charge in [-0.25, -0.2) is 0 Å². The molecule has 1 aromatic rings. The van der Waals surface area contributed by atoms with Crippen LogP contribution in [0.3, 0.4) is 0 Å². The van der Waals surface area contributed by atoms with Crippen molar-refractivity contribution in [3.05, 3.63) is 34.3 Å². The molecule has 0 saturated heterocycles. The summed E-state index contributed by atoms with van der Waals surface area (Å²) in [5.41, 5.74) is 6.20. The molecule has 0 saturated carbocycles. The average Bonchev–Trinajstić information content (AvgIpc) is 2.09. The Bertz CT molecular complexity index is 286. The Morgan fingerprint density at radius 2 is 2.08 bits per heavy atom. The molecule has 1 rings (SSSR count). The fourth-order valence-electron chi connectivity index (χ4n) is 0.926. The summed E-state index contributed by atoms with van der Waals surface area (Å²) < 4.78 is 0.965. The van der Waals surface area contributed by atoms with Crippen LogP contribution in [0.2, 0.25) is 0 Å². The number of hydrogen-bond acceptors (Lipinski definition) is 2. The number of carbonyl (C=O) groups excluding carboxylic acids is 1. The minimum absolute atomic E-state index is 0.0573. The lowest BCUT2D eigenvalue weighted by Gasteiger charge is -2.00. The highest BCUT2D eigenvalue weighted by Gasteiger charge is 2.03. The minimum atomic E-state index is 0.0573. The molecule has 0 aliphatic rings. The Labute approximate surface area is 79.9 Å². The van der Waals surface area contributed by atoms with E-state index in [1.807, 2.05) is 24.3 Å². The third-order valence-corrected chi connectivity index (χ3v) is 2.35. The van der Waals surface area contributed by atoms with E-state index in [0.717, 1.165) is 10.0 Å². The van der Waals surface area contributed by atoms with Crippen molar-refractivity contribution in [1.29, 1.82) is 0 Å². The van der Waals surface area contributed by atoms with Gasteiger partial charge in [-0.2, -0.15) is 0 Å². The molecule has 0 aliphatic heterocycles. The Morgan fingerprint density at radius 1 is 1.42 bits per heavy atom. The van der Waals surface area contributed by atoms with Gasteiger partial charge in [-0.3, -0.25) is 4.79 Å². The predicted octanol–water partition coefficient (Wildman–Crippen LogP) is 1.52. The van der Waals surface area contributed by atoms with E-state index in [0.29, 0.717) is 6.42 Å². The highest BCUT2D eigenvalue weighted by atomic mass is 79.9. The Kier molecular flexibility index (Phi) is 3.44. The summed E-state index contributed by atoms with van der Waals surface area (Å²) in [4.78, 5) is 11.0. The molecule has 2 N–H and O–H groups in total. The number of hydrogen-bond donors (Lipinski definition) is 1. The number of halogens is 1. The summed E-state index contributed by atoms with van der Waals surface area (Å²) in [7, 11) is 0. The molecule has 0 atom stereocenters.